The summed E-state index contributed by atoms with van der Waals surface area (Å²) in [6.07, 6.45) is 0.966. The van der Waals surface area contributed by atoms with Gasteiger partial charge in [0.2, 0.25) is 21.8 Å². The highest BCUT2D eigenvalue weighted by Gasteiger charge is 2.31. The summed E-state index contributed by atoms with van der Waals surface area (Å²) in [6, 6.07) is 8.14. The Morgan fingerprint density at radius 2 is 1.54 bits per heavy atom. The highest BCUT2D eigenvalue weighted by Crippen LogP contribution is 2.28. The summed E-state index contributed by atoms with van der Waals surface area (Å²) in [5.74, 6) is -1.02. The van der Waals surface area contributed by atoms with Crippen LogP contribution in [0.4, 0.5) is 5.69 Å². The lowest BCUT2D eigenvalue weighted by Gasteiger charge is -2.33. The van der Waals surface area contributed by atoms with Crippen LogP contribution in [0.15, 0.2) is 36.4 Å². The molecule has 0 aliphatic heterocycles. The maximum absolute atomic E-state index is 13.5. The summed E-state index contributed by atoms with van der Waals surface area (Å²) >= 11 is 24.2. The van der Waals surface area contributed by atoms with Gasteiger partial charge in [0.1, 0.15) is 12.6 Å². The maximum atomic E-state index is 13.5. The van der Waals surface area contributed by atoms with E-state index in [4.69, 9.17) is 46.4 Å². The molecule has 2 aromatic rings. The van der Waals surface area contributed by atoms with Gasteiger partial charge in [0.05, 0.1) is 22.0 Å². The number of hydrogen-bond donors (Lipinski definition) is 1. The molecule has 0 heterocycles. The van der Waals surface area contributed by atoms with Crippen LogP contribution < -0.4 is 9.62 Å². The Morgan fingerprint density at radius 1 is 0.971 bits per heavy atom. The molecule has 192 valence electrons. The first-order valence-electron chi connectivity index (χ1n) is 10.5. The van der Waals surface area contributed by atoms with Crippen LogP contribution in [0.25, 0.3) is 0 Å². The lowest BCUT2D eigenvalue weighted by molar-refractivity contribution is -0.140. The number of benzene rings is 2. The topological polar surface area (TPSA) is 86.8 Å². The second-order valence-corrected chi connectivity index (χ2v) is 12.7. The number of rotatable bonds is 8. The number of carbonyl (C=O) groups is 2. The van der Waals surface area contributed by atoms with Crippen molar-refractivity contribution in [2.24, 2.45) is 0 Å². The first kappa shape index (κ1) is 29.5. The first-order valence-corrected chi connectivity index (χ1v) is 13.8. The molecular weight excluding hydrogens is 556 g/mol. The minimum atomic E-state index is -3.91. The zero-order valence-electron chi connectivity index (χ0n) is 19.9. The van der Waals surface area contributed by atoms with Crippen molar-refractivity contribution in [1.82, 2.24) is 10.2 Å². The zero-order valence-corrected chi connectivity index (χ0v) is 23.7. The van der Waals surface area contributed by atoms with Gasteiger partial charge in [-0.2, -0.15) is 0 Å². The first-order chi connectivity index (χ1) is 16.0. The molecule has 0 aromatic heterocycles. The molecule has 2 aromatic carbocycles. The number of sulfonamides is 1. The summed E-state index contributed by atoms with van der Waals surface area (Å²) in [5, 5.41) is 3.89. The van der Waals surface area contributed by atoms with E-state index in [0.717, 1.165) is 10.6 Å². The van der Waals surface area contributed by atoms with Crippen LogP contribution >= 0.6 is 46.4 Å². The fourth-order valence-electron chi connectivity index (χ4n) is 3.19. The molecule has 2 rings (SSSR count). The van der Waals surface area contributed by atoms with E-state index in [0.29, 0.717) is 10.6 Å². The van der Waals surface area contributed by atoms with Gasteiger partial charge in [-0.1, -0.05) is 52.5 Å². The second-order valence-electron chi connectivity index (χ2n) is 9.08. The molecule has 12 heteroatoms. The Morgan fingerprint density at radius 3 is 2.03 bits per heavy atom. The van der Waals surface area contributed by atoms with Crippen LogP contribution in [-0.4, -0.2) is 49.5 Å². The van der Waals surface area contributed by atoms with E-state index in [-0.39, 0.29) is 27.3 Å². The molecule has 0 unspecified atom stereocenters. The summed E-state index contributed by atoms with van der Waals surface area (Å²) in [5.41, 5.74) is 0.194. The monoisotopic (exact) mass is 581 g/mol. The summed E-state index contributed by atoms with van der Waals surface area (Å²) in [6.45, 7) is 6.43. The Bertz CT molecular complexity index is 1200. The minimum Gasteiger partial charge on any atom is -0.350 e. The SMILES string of the molecule is C[C@H](C(=O)NC(C)(C)C)N(Cc1ccc(Cl)c(Cl)c1)C(=O)CN(c1cc(Cl)cc(Cl)c1)S(C)(=O)=O. The molecule has 2 amide bonds. The van der Waals surface area contributed by atoms with Gasteiger partial charge in [-0.3, -0.25) is 13.9 Å². The largest absolute Gasteiger partial charge is 0.350 e. The number of hydrogen-bond acceptors (Lipinski definition) is 4. The van der Waals surface area contributed by atoms with E-state index >= 15 is 0 Å². The number of carbonyl (C=O) groups excluding carboxylic acids is 2. The Labute approximate surface area is 226 Å². The average Bonchev–Trinajstić information content (AvgIpc) is 2.69. The lowest BCUT2D eigenvalue weighted by atomic mass is 10.1. The predicted molar refractivity (Wildman–Crippen MR) is 143 cm³/mol. The van der Waals surface area contributed by atoms with Gasteiger partial charge in [0.15, 0.2) is 0 Å². The summed E-state index contributed by atoms with van der Waals surface area (Å²) in [4.78, 5) is 27.7. The minimum absolute atomic E-state index is 0.0116. The van der Waals surface area contributed by atoms with Crippen molar-refractivity contribution in [3.05, 3.63) is 62.1 Å². The Kier molecular flexibility index (Phi) is 9.75. The van der Waals surface area contributed by atoms with Gasteiger partial charge in [0.25, 0.3) is 0 Å². The van der Waals surface area contributed by atoms with E-state index in [1.165, 1.54) is 23.1 Å². The van der Waals surface area contributed by atoms with E-state index in [1.54, 1.807) is 25.1 Å². The van der Waals surface area contributed by atoms with Gasteiger partial charge >= 0.3 is 0 Å². The third-order valence-corrected chi connectivity index (χ3v) is 7.13. The maximum Gasteiger partial charge on any atom is 0.244 e. The third kappa shape index (κ3) is 8.72. The molecular formula is C23H27Cl4N3O4S. The molecule has 0 radical (unpaired) electrons. The van der Waals surface area contributed by atoms with Crippen molar-refractivity contribution < 1.29 is 18.0 Å². The molecule has 7 nitrogen and oxygen atoms in total. The molecule has 1 N–H and O–H groups in total. The van der Waals surface area contributed by atoms with Gasteiger partial charge in [0, 0.05) is 22.1 Å². The molecule has 0 bridgehead atoms. The van der Waals surface area contributed by atoms with Crippen molar-refractivity contribution in [3.8, 4) is 0 Å². The van der Waals surface area contributed by atoms with E-state index in [1.807, 2.05) is 20.8 Å². The van der Waals surface area contributed by atoms with Crippen LogP contribution in [0.5, 0.6) is 0 Å². The van der Waals surface area contributed by atoms with Crippen molar-refractivity contribution in [2.75, 3.05) is 17.1 Å². The van der Waals surface area contributed by atoms with E-state index < -0.39 is 40.0 Å². The Balaban J connectivity index is 2.46. The molecule has 0 fully saturated rings. The van der Waals surface area contributed by atoms with Gasteiger partial charge in [-0.05, 0) is 63.6 Å². The van der Waals surface area contributed by atoms with Gasteiger partial charge in [-0.15, -0.1) is 0 Å². The highest BCUT2D eigenvalue weighted by molar-refractivity contribution is 7.92. The fraction of sp³-hybridized carbons (Fsp3) is 0.391. The van der Waals surface area contributed by atoms with Crippen LogP contribution in [0.1, 0.15) is 33.3 Å². The van der Waals surface area contributed by atoms with Crippen LogP contribution in [0, 0.1) is 0 Å². The predicted octanol–water partition coefficient (Wildman–Crippen LogP) is 5.40. The molecule has 0 aliphatic rings. The van der Waals surface area contributed by atoms with Crippen LogP contribution in [0.2, 0.25) is 20.1 Å². The molecule has 0 aliphatic carbocycles. The summed E-state index contributed by atoms with van der Waals surface area (Å²) < 4.78 is 26.1. The lowest BCUT2D eigenvalue weighted by Crippen LogP contribution is -2.54. The van der Waals surface area contributed by atoms with Crippen molar-refractivity contribution in [2.45, 2.75) is 45.8 Å². The molecule has 0 saturated carbocycles. The normalized spacial score (nSPS) is 12.7. The number of anilines is 1. The number of halogens is 4. The quantitative estimate of drug-likeness (QED) is 0.451. The third-order valence-electron chi connectivity index (χ3n) is 4.82. The fourth-order valence-corrected chi connectivity index (χ4v) is 4.86. The van der Waals surface area contributed by atoms with E-state index in [2.05, 4.69) is 5.32 Å². The molecule has 1 atom stereocenters. The standard InChI is InChI=1S/C23H27Cl4N3O4S/c1-14(22(32)28-23(2,3)4)29(12-15-6-7-19(26)20(27)8-15)21(31)13-30(35(5,33)34)18-10-16(24)9-17(25)11-18/h6-11,14H,12-13H2,1-5H3,(H,28,32)/t14-/m1/s1. The van der Waals surface area contributed by atoms with Gasteiger partial charge in [-0.25, -0.2) is 8.42 Å². The molecule has 0 spiro atoms. The van der Waals surface area contributed by atoms with Crippen molar-refractivity contribution >= 4 is 73.9 Å². The van der Waals surface area contributed by atoms with Gasteiger partial charge < -0.3 is 10.2 Å². The van der Waals surface area contributed by atoms with Crippen molar-refractivity contribution in [3.63, 3.8) is 0 Å². The molecule has 35 heavy (non-hydrogen) atoms. The zero-order chi connectivity index (χ0) is 26.7. The molecule has 0 saturated heterocycles. The number of amides is 2. The number of nitrogens with one attached hydrogen (secondary N) is 1. The summed E-state index contributed by atoms with van der Waals surface area (Å²) in [7, 11) is -3.91. The smallest absolute Gasteiger partial charge is 0.244 e. The number of nitrogens with zero attached hydrogens (tertiary/aromatic N) is 2. The Hall–Kier alpha value is -1.71. The van der Waals surface area contributed by atoms with Crippen molar-refractivity contribution in [1.29, 1.82) is 0 Å². The van der Waals surface area contributed by atoms with Crippen LogP contribution in [0.3, 0.4) is 0 Å². The highest BCUT2D eigenvalue weighted by atomic mass is 35.5. The van der Waals surface area contributed by atoms with Crippen LogP contribution in [-0.2, 0) is 26.2 Å². The average molecular weight is 583 g/mol. The van der Waals surface area contributed by atoms with E-state index in [9.17, 15) is 18.0 Å². The second kappa shape index (κ2) is 11.6.